The van der Waals surface area contributed by atoms with Crippen molar-refractivity contribution in [1.82, 2.24) is 19.8 Å². The Balaban J connectivity index is 1.21. The zero-order chi connectivity index (χ0) is 22.9. The minimum Gasteiger partial charge on any atom is -0.483 e. The summed E-state index contributed by atoms with van der Waals surface area (Å²) < 4.78 is 13.8. The van der Waals surface area contributed by atoms with Crippen LogP contribution >= 0.6 is 0 Å². The molecule has 1 N–H and O–H groups in total. The number of rotatable bonds is 5. The van der Waals surface area contributed by atoms with Gasteiger partial charge in [0.15, 0.2) is 5.82 Å². The molecule has 0 aliphatic carbocycles. The first kappa shape index (κ1) is 21.6. The number of nitrogens with one attached hydrogen (secondary N) is 1. The van der Waals surface area contributed by atoms with Crippen molar-refractivity contribution >= 4 is 5.69 Å². The third-order valence-corrected chi connectivity index (χ3v) is 7.20. The number of benzene rings is 2. The average Bonchev–Trinajstić information content (AvgIpc) is 3.32. The van der Waals surface area contributed by atoms with Gasteiger partial charge in [-0.25, -0.2) is 4.98 Å². The van der Waals surface area contributed by atoms with Crippen LogP contribution in [0.25, 0.3) is 16.8 Å². The highest BCUT2D eigenvalue weighted by Gasteiger charge is 2.21. The molecule has 2 saturated heterocycles. The van der Waals surface area contributed by atoms with Crippen LogP contribution in [-0.2, 0) is 17.8 Å². The van der Waals surface area contributed by atoms with Crippen LogP contribution in [0.15, 0.2) is 42.6 Å². The van der Waals surface area contributed by atoms with Gasteiger partial charge in [0.1, 0.15) is 12.4 Å². The molecule has 1 aromatic heterocycles. The lowest BCUT2D eigenvalue weighted by atomic mass is 9.98. The summed E-state index contributed by atoms with van der Waals surface area (Å²) in [5.41, 5.74) is 7.25. The topological polar surface area (TPSA) is 54.8 Å². The van der Waals surface area contributed by atoms with Gasteiger partial charge in [0.05, 0.1) is 24.6 Å². The van der Waals surface area contributed by atoms with Crippen LogP contribution in [0.4, 0.5) is 5.69 Å². The molecule has 2 aromatic carbocycles. The summed E-state index contributed by atoms with van der Waals surface area (Å²) >= 11 is 0. The van der Waals surface area contributed by atoms with E-state index >= 15 is 0 Å². The van der Waals surface area contributed by atoms with Crippen molar-refractivity contribution in [3.05, 3.63) is 59.7 Å². The van der Waals surface area contributed by atoms with Gasteiger partial charge >= 0.3 is 0 Å². The number of ether oxygens (including phenoxy) is 2. The Bertz CT molecular complexity index is 1160. The van der Waals surface area contributed by atoms with Gasteiger partial charge in [-0.1, -0.05) is 12.1 Å². The number of fused-ring (bicyclic) bond motifs is 3. The van der Waals surface area contributed by atoms with E-state index in [2.05, 4.69) is 69.2 Å². The van der Waals surface area contributed by atoms with Crippen LogP contribution in [0.3, 0.4) is 0 Å². The van der Waals surface area contributed by atoms with E-state index in [0.29, 0.717) is 6.61 Å². The van der Waals surface area contributed by atoms with Crippen molar-refractivity contribution < 1.29 is 9.47 Å². The van der Waals surface area contributed by atoms with Crippen molar-refractivity contribution in [3.63, 3.8) is 0 Å². The quantitative estimate of drug-likeness (QED) is 0.633. The highest BCUT2D eigenvalue weighted by molar-refractivity contribution is 5.73. The molecule has 0 atom stereocenters. The fourth-order valence-corrected chi connectivity index (χ4v) is 5.23. The molecule has 3 aromatic rings. The summed E-state index contributed by atoms with van der Waals surface area (Å²) in [5, 5.41) is 3.43. The second kappa shape index (κ2) is 9.41. The molecule has 0 amide bonds. The highest BCUT2D eigenvalue weighted by Crippen LogP contribution is 2.36. The van der Waals surface area contributed by atoms with Crippen molar-refractivity contribution in [2.45, 2.75) is 20.0 Å². The number of piperazine rings is 1. The number of morpholine rings is 1. The van der Waals surface area contributed by atoms with E-state index in [0.717, 1.165) is 88.4 Å². The van der Waals surface area contributed by atoms with Crippen molar-refractivity contribution in [2.24, 2.45) is 0 Å². The zero-order valence-electron chi connectivity index (χ0n) is 19.9. The molecule has 34 heavy (non-hydrogen) atoms. The summed E-state index contributed by atoms with van der Waals surface area (Å²) in [6.07, 6.45) is 3.14. The molecular weight excluding hydrogens is 426 g/mol. The Morgan fingerprint density at radius 2 is 1.85 bits per heavy atom. The van der Waals surface area contributed by atoms with Crippen molar-refractivity contribution in [1.29, 1.82) is 0 Å². The molecule has 0 saturated carbocycles. The molecule has 7 nitrogen and oxygen atoms in total. The predicted octanol–water partition coefficient (Wildman–Crippen LogP) is 3.02. The van der Waals surface area contributed by atoms with E-state index in [-0.39, 0.29) is 0 Å². The van der Waals surface area contributed by atoms with Crippen molar-refractivity contribution in [3.8, 4) is 22.6 Å². The van der Waals surface area contributed by atoms with Gasteiger partial charge in [-0.2, -0.15) is 0 Å². The van der Waals surface area contributed by atoms with Gasteiger partial charge in [0.25, 0.3) is 0 Å². The maximum absolute atomic E-state index is 6.15. The molecule has 178 valence electrons. The third-order valence-electron chi connectivity index (χ3n) is 7.20. The fraction of sp³-hybridized carbons (Fsp3) is 0.444. The molecule has 3 aliphatic rings. The number of hydrogen-bond acceptors (Lipinski definition) is 6. The molecule has 2 fully saturated rings. The lowest BCUT2D eigenvalue weighted by molar-refractivity contribution is 0.0383. The summed E-state index contributed by atoms with van der Waals surface area (Å²) in [6.45, 7) is 11.7. The molecule has 0 bridgehead atoms. The largest absolute Gasteiger partial charge is 0.483 e. The first-order valence-corrected chi connectivity index (χ1v) is 12.5. The minimum absolute atomic E-state index is 0.509. The standard InChI is InChI=1S/C27H33N5O2/c1-20-16-23(31-10-7-28-8-11-31)3-4-24(20)21-2-5-25-26(17-21)34-19-27-29-22(18-32(25)27)6-9-30-12-14-33-15-13-30/h2-5,16-18,28H,6-15,19H2,1H3. The summed E-state index contributed by atoms with van der Waals surface area (Å²) in [7, 11) is 0. The second-order valence-electron chi connectivity index (χ2n) is 9.43. The highest BCUT2D eigenvalue weighted by atomic mass is 16.5. The summed E-state index contributed by atoms with van der Waals surface area (Å²) in [5.74, 6) is 1.90. The minimum atomic E-state index is 0.509. The van der Waals surface area contributed by atoms with Gasteiger partial charge in [0.2, 0.25) is 0 Å². The van der Waals surface area contributed by atoms with Crippen LogP contribution in [0.1, 0.15) is 17.1 Å². The van der Waals surface area contributed by atoms with E-state index in [4.69, 9.17) is 14.5 Å². The third kappa shape index (κ3) is 4.31. The van der Waals surface area contributed by atoms with E-state index < -0.39 is 0 Å². The Labute approximate surface area is 201 Å². The summed E-state index contributed by atoms with van der Waals surface area (Å²) in [6, 6.07) is 13.4. The molecule has 0 radical (unpaired) electrons. The van der Waals surface area contributed by atoms with Crippen LogP contribution in [-0.4, -0.2) is 73.5 Å². The molecule has 7 heteroatoms. The molecule has 0 unspecified atom stereocenters. The van der Waals surface area contributed by atoms with Crippen LogP contribution in [0.5, 0.6) is 5.75 Å². The number of aryl methyl sites for hydroxylation is 1. The zero-order valence-corrected chi connectivity index (χ0v) is 19.9. The molecular formula is C27H33N5O2. The Kier molecular flexibility index (Phi) is 5.99. The first-order chi connectivity index (χ1) is 16.7. The predicted molar refractivity (Wildman–Crippen MR) is 134 cm³/mol. The number of nitrogens with zero attached hydrogens (tertiary/aromatic N) is 4. The lowest BCUT2D eigenvalue weighted by Crippen LogP contribution is -2.43. The molecule has 3 aliphatic heterocycles. The normalized spacial score (nSPS) is 18.3. The van der Waals surface area contributed by atoms with Gasteiger partial charge in [-0.05, 0) is 47.9 Å². The van der Waals surface area contributed by atoms with E-state index in [1.165, 1.54) is 22.4 Å². The van der Waals surface area contributed by atoms with E-state index in [1.807, 2.05) is 0 Å². The second-order valence-corrected chi connectivity index (χ2v) is 9.43. The first-order valence-electron chi connectivity index (χ1n) is 12.5. The maximum atomic E-state index is 6.15. The van der Waals surface area contributed by atoms with Gasteiger partial charge in [-0.3, -0.25) is 9.47 Å². The Morgan fingerprint density at radius 3 is 2.68 bits per heavy atom. The molecule has 4 heterocycles. The Morgan fingerprint density at radius 1 is 1.00 bits per heavy atom. The fourth-order valence-electron chi connectivity index (χ4n) is 5.23. The van der Waals surface area contributed by atoms with Gasteiger partial charge in [0, 0.05) is 64.1 Å². The lowest BCUT2D eigenvalue weighted by Gasteiger charge is -2.30. The maximum Gasteiger partial charge on any atom is 0.151 e. The monoisotopic (exact) mass is 459 g/mol. The SMILES string of the molecule is Cc1cc(N2CCNCC2)ccc1-c1ccc2c(c1)OCc1nc(CCN3CCOCC3)cn1-2. The molecule has 0 spiro atoms. The number of imidazole rings is 1. The summed E-state index contributed by atoms with van der Waals surface area (Å²) in [4.78, 5) is 9.77. The average molecular weight is 460 g/mol. The smallest absolute Gasteiger partial charge is 0.151 e. The van der Waals surface area contributed by atoms with E-state index in [9.17, 15) is 0 Å². The Hall–Kier alpha value is -2.87. The number of aromatic nitrogens is 2. The number of anilines is 1. The number of hydrogen-bond donors (Lipinski definition) is 1. The van der Waals surface area contributed by atoms with Crippen LogP contribution < -0.4 is 15.0 Å². The van der Waals surface area contributed by atoms with Crippen LogP contribution in [0, 0.1) is 6.92 Å². The molecule has 6 rings (SSSR count). The van der Waals surface area contributed by atoms with Crippen LogP contribution in [0.2, 0.25) is 0 Å². The van der Waals surface area contributed by atoms with Gasteiger partial charge in [-0.15, -0.1) is 0 Å². The van der Waals surface area contributed by atoms with Crippen molar-refractivity contribution in [2.75, 3.05) is 63.9 Å². The van der Waals surface area contributed by atoms with Gasteiger partial charge < -0.3 is 19.7 Å². The van der Waals surface area contributed by atoms with E-state index in [1.54, 1.807) is 0 Å².